The molecule has 4 heteroatoms. The van der Waals surface area contributed by atoms with Gasteiger partial charge in [0, 0.05) is 28.9 Å². The van der Waals surface area contributed by atoms with Crippen molar-refractivity contribution in [2.24, 2.45) is 0 Å². The Morgan fingerprint density at radius 1 is 1.06 bits per heavy atom. The second kappa shape index (κ2) is 3.90. The van der Waals surface area contributed by atoms with Gasteiger partial charge in [-0.3, -0.25) is 0 Å². The maximum Gasteiger partial charge on any atom is 0.137 e. The Kier molecular flexibility index (Phi) is 2.27. The van der Waals surface area contributed by atoms with Gasteiger partial charge in [0.1, 0.15) is 5.82 Å². The maximum absolute atomic E-state index is 4.33. The van der Waals surface area contributed by atoms with Gasteiger partial charge in [-0.2, -0.15) is 0 Å². The largest absolute Gasteiger partial charge is 0.345 e. The molecule has 0 aliphatic carbocycles. The van der Waals surface area contributed by atoms with Crippen LogP contribution in [0.3, 0.4) is 0 Å². The van der Waals surface area contributed by atoms with E-state index in [1.807, 2.05) is 35.3 Å². The Labute approximate surface area is 96.8 Å². The average Bonchev–Trinajstić information content (AvgIpc) is 3.03. The van der Waals surface area contributed by atoms with E-state index in [9.17, 15) is 0 Å². The van der Waals surface area contributed by atoms with Crippen LogP contribution in [-0.4, -0.2) is 15.0 Å². The van der Waals surface area contributed by atoms with Gasteiger partial charge in [0.05, 0.1) is 11.2 Å². The summed E-state index contributed by atoms with van der Waals surface area (Å²) in [6, 6.07) is 8.13. The van der Waals surface area contributed by atoms with E-state index in [0.29, 0.717) is 0 Å². The van der Waals surface area contributed by atoms with E-state index in [2.05, 4.69) is 21.0 Å². The fraction of sp³-hybridized carbons (Fsp3) is 0. The molecule has 3 aromatic rings. The number of nitrogens with one attached hydrogen (secondary N) is 1. The van der Waals surface area contributed by atoms with E-state index in [4.69, 9.17) is 0 Å². The van der Waals surface area contributed by atoms with Crippen LogP contribution >= 0.6 is 11.3 Å². The number of hydrogen-bond acceptors (Lipinski definition) is 3. The molecular weight excluding hydrogens is 218 g/mol. The van der Waals surface area contributed by atoms with Crippen molar-refractivity contribution in [2.45, 2.75) is 0 Å². The van der Waals surface area contributed by atoms with Crippen LogP contribution in [0.15, 0.2) is 47.5 Å². The van der Waals surface area contributed by atoms with E-state index in [0.717, 1.165) is 22.6 Å². The highest BCUT2D eigenvalue weighted by Crippen LogP contribution is 2.29. The number of rotatable bonds is 2. The highest BCUT2D eigenvalue weighted by molar-refractivity contribution is 7.07. The molecule has 1 N–H and O–H groups in total. The quantitative estimate of drug-likeness (QED) is 0.730. The third-order valence-electron chi connectivity index (χ3n) is 2.39. The van der Waals surface area contributed by atoms with E-state index in [1.54, 1.807) is 17.5 Å². The third kappa shape index (κ3) is 1.53. The predicted molar refractivity (Wildman–Crippen MR) is 65.1 cm³/mol. The minimum atomic E-state index is 0.878. The number of imidazole rings is 1. The molecule has 0 bridgehead atoms. The lowest BCUT2D eigenvalue weighted by atomic mass is 10.1. The topological polar surface area (TPSA) is 41.6 Å². The summed E-state index contributed by atoms with van der Waals surface area (Å²) in [4.78, 5) is 11.7. The minimum absolute atomic E-state index is 0.878. The van der Waals surface area contributed by atoms with Crippen LogP contribution < -0.4 is 0 Å². The zero-order valence-electron chi connectivity index (χ0n) is 8.42. The fourth-order valence-corrected chi connectivity index (χ4v) is 2.22. The molecular formula is C12H9N3S. The summed E-state index contributed by atoms with van der Waals surface area (Å²) in [5, 5.41) is 2.04. The van der Waals surface area contributed by atoms with Crippen LogP contribution in [0, 0.1) is 0 Å². The first-order valence-electron chi connectivity index (χ1n) is 4.92. The summed E-state index contributed by atoms with van der Waals surface area (Å²) in [5.74, 6) is 0.878. The molecule has 1 aromatic carbocycles. The Morgan fingerprint density at radius 2 is 1.94 bits per heavy atom. The molecule has 0 fully saturated rings. The molecule has 2 heterocycles. The number of thiazole rings is 1. The third-order valence-corrected chi connectivity index (χ3v) is 2.98. The minimum Gasteiger partial charge on any atom is -0.345 e. The summed E-state index contributed by atoms with van der Waals surface area (Å²) >= 11 is 1.60. The van der Waals surface area contributed by atoms with E-state index < -0.39 is 0 Å². The SMILES string of the molecule is c1ccc(-c2ncc[nH]2)c(-c2cscn2)c1. The molecule has 16 heavy (non-hydrogen) atoms. The summed E-state index contributed by atoms with van der Waals surface area (Å²) in [6.45, 7) is 0. The van der Waals surface area contributed by atoms with Crippen LogP contribution in [0.1, 0.15) is 0 Å². The van der Waals surface area contributed by atoms with Crippen LogP contribution in [0.5, 0.6) is 0 Å². The monoisotopic (exact) mass is 227 g/mol. The summed E-state index contributed by atoms with van der Waals surface area (Å²) < 4.78 is 0. The Morgan fingerprint density at radius 3 is 2.62 bits per heavy atom. The first-order chi connectivity index (χ1) is 7.95. The highest BCUT2D eigenvalue weighted by atomic mass is 32.1. The Hall–Kier alpha value is -1.94. The lowest BCUT2D eigenvalue weighted by molar-refractivity contribution is 1.30. The molecule has 0 unspecified atom stereocenters. The molecule has 0 spiro atoms. The van der Waals surface area contributed by atoms with Gasteiger partial charge in [-0.15, -0.1) is 11.3 Å². The summed E-state index contributed by atoms with van der Waals surface area (Å²) in [6.07, 6.45) is 3.58. The number of nitrogens with zero attached hydrogens (tertiary/aromatic N) is 2. The molecule has 2 aromatic heterocycles. The lowest BCUT2D eigenvalue weighted by Crippen LogP contribution is -1.86. The molecule has 3 rings (SSSR count). The van der Waals surface area contributed by atoms with Crippen LogP contribution in [0.4, 0.5) is 0 Å². The fourth-order valence-electron chi connectivity index (χ4n) is 1.67. The number of aromatic nitrogens is 3. The molecule has 78 valence electrons. The van der Waals surface area contributed by atoms with E-state index in [-0.39, 0.29) is 0 Å². The first kappa shape index (κ1) is 9.30. The zero-order valence-corrected chi connectivity index (χ0v) is 9.24. The van der Waals surface area contributed by atoms with Gasteiger partial charge in [0.25, 0.3) is 0 Å². The van der Waals surface area contributed by atoms with Crippen molar-refractivity contribution in [2.75, 3.05) is 0 Å². The second-order valence-corrected chi connectivity index (χ2v) is 4.08. The molecule has 0 saturated heterocycles. The van der Waals surface area contributed by atoms with Gasteiger partial charge >= 0.3 is 0 Å². The number of H-pyrrole nitrogens is 1. The van der Waals surface area contributed by atoms with Crippen molar-refractivity contribution < 1.29 is 0 Å². The molecule has 3 nitrogen and oxygen atoms in total. The summed E-state index contributed by atoms with van der Waals surface area (Å²) in [5.41, 5.74) is 5.03. The molecule has 0 radical (unpaired) electrons. The molecule has 0 amide bonds. The van der Waals surface area contributed by atoms with Crippen LogP contribution in [0.2, 0.25) is 0 Å². The van der Waals surface area contributed by atoms with Gasteiger partial charge in [-0.05, 0) is 0 Å². The van der Waals surface area contributed by atoms with Crippen molar-refractivity contribution in [3.8, 4) is 22.6 Å². The second-order valence-electron chi connectivity index (χ2n) is 3.36. The zero-order chi connectivity index (χ0) is 10.8. The highest BCUT2D eigenvalue weighted by Gasteiger charge is 2.09. The van der Waals surface area contributed by atoms with E-state index in [1.165, 1.54) is 0 Å². The number of hydrogen-bond donors (Lipinski definition) is 1. The summed E-state index contributed by atoms with van der Waals surface area (Å²) in [7, 11) is 0. The Bertz CT molecular complexity index is 517. The first-order valence-corrected chi connectivity index (χ1v) is 5.87. The van der Waals surface area contributed by atoms with Crippen molar-refractivity contribution in [1.82, 2.24) is 15.0 Å². The normalized spacial score (nSPS) is 10.5. The molecule has 0 saturated carbocycles. The van der Waals surface area contributed by atoms with Gasteiger partial charge < -0.3 is 4.98 Å². The van der Waals surface area contributed by atoms with Crippen molar-refractivity contribution in [3.63, 3.8) is 0 Å². The van der Waals surface area contributed by atoms with Crippen molar-refractivity contribution in [3.05, 3.63) is 47.5 Å². The van der Waals surface area contributed by atoms with Gasteiger partial charge in [-0.1, -0.05) is 24.3 Å². The van der Waals surface area contributed by atoms with Crippen LogP contribution in [-0.2, 0) is 0 Å². The standard InChI is InChI=1S/C12H9N3S/c1-2-4-10(12-13-5-6-14-12)9(3-1)11-7-16-8-15-11/h1-8H,(H,13,14). The van der Waals surface area contributed by atoms with E-state index >= 15 is 0 Å². The maximum atomic E-state index is 4.33. The molecule has 0 aliphatic heterocycles. The number of aromatic amines is 1. The van der Waals surface area contributed by atoms with Gasteiger partial charge in [0.2, 0.25) is 0 Å². The Balaban J connectivity index is 2.19. The van der Waals surface area contributed by atoms with Crippen molar-refractivity contribution in [1.29, 1.82) is 0 Å². The van der Waals surface area contributed by atoms with Gasteiger partial charge in [0.15, 0.2) is 0 Å². The molecule has 0 aliphatic rings. The van der Waals surface area contributed by atoms with Crippen LogP contribution in [0.25, 0.3) is 22.6 Å². The predicted octanol–water partition coefficient (Wildman–Crippen LogP) is 3.20. The van der Waals surface area contributed by atoms with Crippen molar-refractivity contribution >= 4 is 11.3 Å². The average molecular weight is 227 g/mol. The van der Waals surface area contributed by atoms with Gasteiger partial charge in [-0.25, -0.2) is 9.97 Å². The lowest BCUT2D eigenvalue weighted by Gasteiger charge is -2.03. The number of benzene rings is 1. The smallest absolute Gasteiger partial charge is 0.137 e. The molecule has 0 atom stereocenters.